The van der Waals surface area contributed by atoms with Gasteiger partial charge in [-0.05, 0) is 24.7 Å². The Morgan fingerprint density at radius 1 is 1.56 bits per heavy atom. The number of nitrogens with zero attached hydrogens (tertiary/aromatic N) is 2. The lowest BCUT2D eigenvalue weighted by molar-refractivity contribution is -0.138. The van der Waals surface area contributed by atoms with Crippen LogP contribution in [-0.4, -0.2) is 39.5 Å². The summed E-state index contributed by atoms with van der Waals surface area (Å²) < 4.78 is 0. The van der Waals surface area contributed by atoms with Gasteiger partial charge in [0.25, 0.3) is 0 Å². The molecular weight excluding hydrogens is 206 g/mol. The highest BCUT2D eigenvalue weighted by Gasteiger charge is 2.05. The van der Waals surface area contributed by atoms with Crippen molar-refractivity contribution in [3.05, 3.63) is 30.1 Å². The van der Waals surface area contributed by atoms with E-state index < -0.39 is 5.97 Å². The zero-order valence-electron chi connectivity index (χ0n) is 8.97. The molecule has 84 valence electrons. The van der Waals surface area contributed by atoms with E-state index in [2.05, 4.69) is 9.97 Å². The SMILES string of the molecule is CN(CC(=O)O)Cc1ccc2nc[nH]c2c1. The van der Waals surface area contributed by atoms with E-state index in [1.165, 1.54) is 0 Å². The zero-order valence-corrected chi connectivity index (χ0v) is 8.97. The summed E-state index contributed by atoms with van der Waals surface area (Å²) in [6, 6.07) is 5.87. The molecule has 0 amide bonds. The van der Waals surface area contributed by atoms with Crippen LogP contribution in [0.2, 0.25) is 0 Å². The molecule has 1 heterocycles. The summed E-state index contributed by atoms with van der Waals surface area (Å²) in [6.07, 6.45) is 1.65. The van der Waals surface area contributed by atoms with Crippen molar-refractivity contribution in [2.24, 2.45) is 0 Å². The van der Waals surface area contributed by atoms with E-state index in [1.807, 2.05) is 18.2 Å². The minimum atomic E-state index is -0.815. The first-order chi connectivity index (χ1) is 7.65. The van der Waals surface area contributed by atoms with Crippen molar-refractivity contribution in [1.29, 1.82) is 0 Å². The van der Waals surface area contributed by atoms with Gasteiger partial charge in [-0.2, -0.15) is 0 Å². The third-order valence-electron chi connectivity index (χ3n) is 2.34. The number of aromatic nitrogens is 2. The fraction of sp³-hybridized carbons (Fsp3) is 0.273. The highest BCUT2D eigenvalue weighted by Crippen LogP contribution is 2.12. The van der Waals surface area contributed by atoms with Crippen LogP contribution in [0.15, 0.2) is 24.5 Å². The van der Waals surface area contributed by atoms with Gasteiger partial charge in [-0.15, -0.1) is 0 Å². The molecule has 0 unspecified atom stereocenters. The molecular formula is C11H13N3O2. The first-order valence-corrected chi connectivity index (χ1v) is 4.97. The van der Waals surface area contributed by atoms with Gasteiger partial charge < -0.3 is 10.1 Å². The van der Waals surface area contributed by atoms with E-state index in [1.54, 1.807) is 18.3 Å². The second-order valence-corrected chi connectivity index (χ2v) is 3.82. The molecule has 5 heteroatoms. The molecule has 2 rings (SSSR count). The third-order valence-corrected chi connectivity index (χ3v) is 2.34. The Hall–Kier alpha value is -1.88. The Balaban J connectivity index is 2.11. The fourth-order valence-corrected chi connectivity index (χ4v) is 1.68. The van der Waals surface area contributed by atoms with Crippen LogP contribution >= 0.6 is 0 Å². The van der Waals surface area contributed by atoms with Crippen molar-refractivity contribution in [3.8, 4) is 0 Å². The van der Waals surface area contributed by atoms with Gasteiger partial charge in [-0.25, -0.2) is 4.98 Å². The van der Waals surface area contributed by atoms with E-state index >= 15 is 0 Å². The van der Waals surface area contributed by atoms with Crippen LogP contribution in [0.5, 0.6) is 0 Å². The summed E-state index contributed by atoms with van der Waals surface area (Å²) in [5.74, 6) is -0.815. The monoisotopic (exact) mass is 219 g/mol. The summed E-state index contributed by atoms with van der Waals surface area (Å²) >= 11 is 0. The van der Waals surface area contributed by atoms with Gasteiger partial charge in [0.05, 0.1) is 23.9 Å². The van der Waals surface area contributed by atoms with E-state index in [0.717, 1.165) is 16.6 Å². The molecule has 2 N–H and O–H groups in total. The third kappa shape index (κ3) is 2.38. The number of carbonyl (C=O) groups is 1. The van der Waals surface area contributed by atoms with E-state index in [0.29, 0.717) is 6.54 Å². The Morgan fingerprint density at radius 3 is 3.12 bits per heavy atom. The molecule has 0 aliphatic carbocycles. The number of likely N-dealkylation sites (N-methyl/N-ethyl adjacent to an activating group) is 1. The number of fused-ring (bicyclic) bond motifs is 1. The average molecular weight is 219 g/mol. The number of aliphatic carboxylic acids is 1. The van der Waals surface area contributed by atoms with Crippen LogP contribution in [0.1, 0.15) is 5.56 Å². The minimum absolute atomic E-state index is 0.0427. The topological polar surface area (TPSA) is 69.2 Å². The molecule has 0 saturated carbocycles. The first-order valence-electron chi connectivity index (χ1n) is 4.97. The highest BCUT2D eigenvalue weighted by atomic mass is 16.4. The number of aromatic amines is 1. The molecule has 5 nitrogen and oxygen atoms in total. The quantitative estimate of drug-likeness (QED) is 0.807. The Kier molecular flexibility index (Phi) is 2.87. The van der Waals surface area contributed by atoms with Crippen LogP contribution in [0.4, 0.5) is 0 Å². The molecule has 0 radical (unpaired) electrons. The molecule has 0 bridgehead atoms. The molecule has 0 spiro atoms. The molecule has 0 aliphatic heterocycles. The largest absolute Gasteiger partial charge is 0.480 e. The smallest absolute Gasteiger partial charge is 0.317 e. The summed E-state index contributed by atoms with van der Waals surface area (Å²) in [4.78, 5) is 19.4. The normalized spacial score (nSPS) is 11.1. The van der Waals surface area contributed by atoms with E-state index in [9.17, 15) is 4.79 Å². The van der Waals surface area contributed by atoms with Gasteiger partial charge in [-0.1, -0.05) is 6.07 Å². The number of hydrogen-bond acceptors (Lipinski definition) is 3. The summed E-state index contributed by atoms with van der Waals surface area (Å²) in [5.41, 5.74) is 2.96. The van der Waals surface area contributed by atoms with Crippen LogP contribution in [0.25, 0.3) is 11.0 Å². The number of nitrogens with one attached hydrogen (secondary N) is 1. The molecule has 2 aromatic rings. The summed E-state index contributed by atoms with van der Waals surface area (Å²) in [6.45, 7) is 0.655. The number of carboxylic acids is 1. The van der Waals surface area contributed by atoms with Gasteiger partial charge in [0.2, 0.25) is 0 Å². The summed E-state index contributed by atoms with van der Waals surface area (Å²) in [5, 5.41) is 8.64. The van der Waals surface area contributed by atoms with Gasteiger partial charge in [-0.3, -0.25) is 9.69 Å². The van der Waals surface area contributed by atoms with Crippen molar-refractivity contribution in [2.45, 2.75) is 6.54 Å². The van der Waals surface area contributed by atoms with Crippen molar-refractivity contribution in [1.82, 2.24) is 14.9 Å². The second kappa shape index (κ2) is 4.32. The molecule has 0 aliphatic rings. The molecule has 0 atom stereocenters. The number of H-pyrrole nitrogens is 1. The molecule has 0 fully saturated rings. The van der Waals surface area contributed by atoms with Crippen LogP contribution in [-0.2, 0) is 11.3 Å². The van der Waals surface area contributed by atoms with Crippen LogP contribution in [0, 0.1) is 0 Å². The van der Waals surface area contributed by atoms with Crippen LogP contribution in [0.3, 0.4) is 0 Å². The number of hydrogen-bond donors (Lipinski definition) is 2. The van der Waals surface area contributed by atoms with E-state index in [-0.39, 0.29) is 6.54 Å². The standard InChI is InChI=1S/C11H13N3O2/c1-14(6-11(15)16)5-8-2-3-9-10(4-8)13-7-12-9/h2-4,7H,5-6H2,1H3,(H,12,13)(H,15,16). The Labute approximate surface area is 92.7 Å². The maximum Gasteiger partial charge on any atom is 0.317 e. The molecule has 0 saturated heterocycles. The predicted molar refractivity (Wildman–Crippen MR) is 60.1 cm³/mol. The molecule has 1 aromatic heterocycles. The van der Waals surface area contributed by atoms with Gasteiger partial charge in [0.1, 0.15) is 0 Å². The lowest BCUT2D eigenvalue weighted by atomic mass is 10.2. The van der Waals surface area contributed by atoms with Crippen molar-refractivity contribution >= 4 is 17.0 Å². The molecule has 16 heavy (non-hydrogen) atoms. The van der Waals surface area contributed by atoms with E-state index in [4.69, 9.17) is 5.11 Å². The highest BCUT2D eigenvalue weighted by molar-refractivity contribution is 5.75. The minimum Gasteiger partial charge on any atom is -0.480 e. The van der Waals surface area contributed by atoms with Gasteiger partial charge in [0, 0.05) is 6.54 Å². The van der Waals surface area contributed by atoms with Crippen LogP contribution < -0.4 is 0 Å². The average Bonchev–Trinajstić information content (AvgIpc) is 2.63. The second-order valence-electron chi connectivity index (χ2n) is 3.82. The van der Waals surface area contributed by atoms with Crippen molar-refractivity contribution in [2.75, 3.05) is 13.6 Å². The Morgan fingerprint density at radius 2 is 2.38 bits per heavy atom. The van der Waals surface area contributed by atoms with Gasteiger partial charge >= 0.3 is 5.97 Å². The first kappa shape index (κ1) is 10.6. The maximum absolute atomic E-state index is 10.5. The maximum atomic E-state index is 10.5. The number of rotatable bonds is 4. The predicted octanol–water partition coefficient (Wildman–Crippen LogP) is 1.08. The number of imidazole rings is 1. The number of benzene rings is 1. The van der Waals surface area contributed by atoms with Crippen molar-refractivity contribution in [3.63, 3.8) is 0 Å². The van der Waals surface area contributed by atoms with Gasteiger partial charge in [0.15, 0.2) is 0 Å². The zero-order chi connectivity index (χ0) is 11.5. The lowest BCUT2D eigenvalue weighted by Crippen LogP contribution is -2.25. The van der Waals surface area contributed by atoms with Crippen molar-refractivity contribution < 1.29 is 9.90 Å². The molecule has 1 aromatic carbocycles. The Bertz CT molecular complexity index is 507. The lowest BCUT2D eigenvalue weighted by Gasteiger charge is -2.13. The summed E-state index contributed by atoms with van der Waals surface area (Å²) in [7, 11) is 1.78. The number of carboxylic acid groups (broad SMARTS) is 1. The fourth-order valence-electron chi connectivity index (χ4n) is 1.68.